The summed E-state index contributed by atoms with van der Waals surface area (Å²) in [6.07, 6.45) is 2.71. The first kappa shape index (κ1) is 15.0. The van der Waals surface area contributed by atoms with Crippen molar-refractivity contribution >= 4 is 23.1 Å². The lowest BCUT2D eigenvalue weighted by molar-refractivity contribution is -0.139. The van der Waals surface area contributed by atoms with Gasteiger partial charge in [0.1, 0.15) is 11.2 Å². The summed E-state index contributed by atoms with van der Waals surface area (Å²) < 4.78 is 11.3. The Morgan fingerprint density at radius 2 is 2.05 bits per heavy atom. The highest BCUT2D eigenvalue weighted by molar-refractivity contribution is 5.91. The minimum Gasteiger partial charge on any atom is -0.469 e. The number of rotatable bonds is 2. The molecule has 2 aromatic rings. The van der Waals surface area contributed by atoms with Gasteiger partial charge in [0.15, 0.2) is 0 Å². The first-order chi connectivity index (χ1) is 9.81. The van der Waals surface area contributed by atoms with Crippen LogP contribution in [0.1, 0.15) is 26.3 Å². The van der Waals surface area contributed by atoms with Crippen LogP contribution >= 0.6 is 0 Å². The number of carbonyl (C=O) groups is 2. The van der Waals surface area contributed by atoms with E-state index in [1.54, 1.807) is 39.2 Å². The van der Waals surface area contributed by atoms with Crippen LogP contribution in [0, 0.1) is 0 Å². The highest BCUT2D eigenvalue weighted by Gasteiger charge is 2.22. The molecular formula is C15H18N2O4. The lowest BCUT2D eigenvalue weighted by atomic mass is 10.1. The summed E-state index contributed by atoms with van der Waals surface area (Å²) in [6.45, 7) is 5.37. The maximum atomic E-state index is 12.2. The Labute approximate surface area is 122 Å². The number of pyridine rings is 1. The van der Waals surface area contributed by atoms with E-state index in [1.165, 1.54) is 11.7 Å². The fraction of sp³-hybridized carbons (Fsp3) is 0.400. The lowest BCUT2D eigenvalue weighted by Gasteiger charge is -2.19. The summed E-state index contributed by atoms with van der Waals surface area (Å²) in [4.78, 5) is 27.9. The molecule has 0 fully saturated rings. The molecular weight excluding hydrogens is 272 g/mol. The molecule has 0 aliphatic carbocycles. The van der Waals surface area contributed by atoms with Crippen molar-refractivity contribution in [3.05, 3.63) is 30.1 Å². The van der Waals surface area contributed by atoms with Gasteiger partial charge in [0, 0.05) is 17.8 Å². The van der Waals surface area contributed by atoms with Gasteiger partial charge in [-0.05, 0) is 38.5 Å². The third kappa shape index (κ3) is 3.39. The first-order valence-corrected chi connectivity index (χ1v) is 6.57. The van der Waals surface area contributed by atoms with Crippen LogP contribution < -0.4 is 0 Å². The summed E-state index contributed by atoms with van der Waals surface area (Å²) in [7, 11) is 1.33. The van der Waals surface area contributed by atoms with Crippen molar-refractivity contribution in [1.29, 1.82) is 0 Å². The third-order valence-corrected chi connectivity index (χ3v) is 2.80. The Morgan fingerprint density at radius 3 is 2.67 bits per heavy atom. The summed E-state index contributed by atoms with van der Waals surface area (Å²) in [5, 5.41) is 0.730. The molecule has 2 aromatic heterocycles. The van der Waals surface area contributed by atoms with Crippen molar-refractivity contribution < 1.29 is 19.1 Å². The molecule has 2 heterocycles. The number of methoxy groups -OCH3 is 1. The predicted molar refractivity (Wildman–Crippen MR) is 77.1 cm³/mol. The van der Waals surface area contributed by atoms with E-state index in [-0.39, 0.29) is 12.4 Å². The summed E-state index contributed by atoms with van der Waals surface area (Å²) in [6, 6.07) is 3.56. The van der Waals surface area contributed by atoms with Crippen molar-refractivity contribution in [3.8, 4) is 0 Å². The maximum Gasteiger partial charge on any atom is 0.420 e. The zero-order chi connectivity index (χ0) is 15.6. The van der Waals surface area contributed by atoms with Crippen molar-refractivity contribution in [1.82, 2.24) is 9.55 Å². The molecule has 6 nitrogen and oxygen atoms in total. The highest BCUT2D eigenvalue weighted by atomic mass is 16.6. The smallest absolute Gasteiger partial charge is 0.420 e. The largest absolute Gasteiger partial charge is 0.469 e. The number of hydrogen-bond donors (Lipinski definition) is 0. The zero-order valence-corrected chi connectivity index (χ0v) is 12.5. The van der Waals surface area contributed by atoms with Crippen molar-refractivity contribution in [3.63, 3.8) is 0 Å². The first-order valence-electron chi connectivity index (χ1n) is 6.57. The van der Waals surface area contributed by atoms with Gasteiger partial charge in [0.25, 0.3) is 0 Å². The number of carbonyl (C=O) groups excluding carboxylic acids is 2. The summed E-state index contributed by atoms with van der Waals surface area (Å²) in [5.41, 5.74) is 0.534. The van der Waals surface area contributed by atoms with Gasteiger partial charge in [0.2, 0.25) is 0 Å². The van der Waals surface area contributed by atoms with Gasteiger partial charge in [-0.2, -0.15) is 0 Å². The van der Waals surface area contributed by atoms with Gasteiger partial charge >= 0.3 is 12.1 Å². The van der Waals surface area contributed by atoms with Crippen molar-refractivity contribution in [2.75, 3.05) is 7.11 Å². The second-order valence-corrected chi connectivity index (χ2v) is 5.63. The summed E-state index contributed by atoms with van der Waals surface area (Å²) >= 11 is 0. The zero-order valence-electron chi connectivity index (χ0n) is 12.5. The minimum atomic E-state index is -0.606. The number of hydrogen-bond acceptors (Lipinski definition) is 5. The van der Waals surface area contributed by atoms with Gasteiger partial charge in [0.05, 0.1) is 13.5 Å². The van der Waals surface area contributed by atoms with E-state index >= 15 is 0 Å². The lowest BCUT2D eigenvalue weighted by Crippen LogP contribution is -2.26. The molecule has 21 heavy (non-hydrogen) atoms. The van der Waals surface area contributed by atoms with Crippen LogP contribution in [0.3, 0.4) is 0 Å². The topological polar surface area (TPSA) is 70.4 Å². The fourth-order valence-electron chi connectivity index (χ4n) is 1.94. The van der Waals surface area contributed by atoms with E-state index in [0.717, 1.165) is 5.39 Å². The second-order valence-electron chi connectivity index (χ2n) is 5.63. The molecule has 0 bridgehead atoms. The molecule has 0 N–H and O–H groups in total. The maximum absolute atomic E-state index is 12.2. The van der Waals surface area contributed by atoms with Crippen LogP contribution in [-0.2, 0) is 20.7 Å². The van der Waals surface area contributed by atoms with Crippen LogP contribution in [0.4, 0.5) is 4.79 Å². The Balaban J connectivity index is 2.45. The Morgan fingerprint density at radius 1 is 1.33 bits per heavy atom. The Hall–Kier alpha value is -2.37. The van der Waals surface area contributed by atoms with E-state index in [4.69, 9.17) is 4.74 Å². The molecule has 0 atom stereocenters. The van der Waals surface area contributed by atoms with Gasteiger partial charge in [-0.15, -0.1) is 0 Å². The molecule has 0 amide bonds. The molecule has 6 heteroatoms. The van der Waals surface area contributed by atoms with Gasteiger partial charge in [-0.3, -0.25) is 4.79 Å². The normalized spacial score (nSPS) is 11.4. The fourth-order valence-corrected chi connectivity index (χ4v) is 1.94. The van der Waals surface area contributed by atoms with E-state index in [0.29, 0.717) is 11.2 Å². The molecule has 0 radical (unpaired) electrons. The average Bonchev–Trinajstić information content (AvgIpc) is 2.76. The van der Waals surface area contributed by atoms with Gasteiger partial charge in [-0.1, -0.05) is 0 Å². The molecule has 112 valence electrons. The highest BCUT2D eigenvalue weighted by Crippen LogP contribution is 2.21. The molecule has 0 aliphatic heterocycles. The van der Waals surface area contributed by atoms with Crippen LogP contribution in [0.5, 0.6) is 0 Å². The SMILES string of the molecule is COC(=O)Cc1cn(C(=O)OC(C)(C)C)c2ncccc12. The van der Waals surface area contributed by atoms with Crippen LogP contribution in [0.15, 0.2) is 24.5 Å². The average molecular weight is 290 g/mol. The van der Waals surface area contributed by atoms with E-state index < -0.39 is 11.7 Å². The van der Waals surface area contributed by atoms with Crippen molar-refractivity contribution in [2.24, 2.45) is 0 Å². The molecule has 0 unspecified atom stereocenters. The standard InChI is InChI=1S/C15H18N2O4/c1-15(2,3)21-14(19)17-9-10(8-12(18)20-4)11-6-5-7-16-13(11)17/h5-7,9H,8H2,1-4H3. The number of fused-ring (bicyclic) bond motifs is 1. The monoisotopic (exact) mass is 290 g/mol. The van der Waals surface area contributed by atoms with Gasteiger partial charge < -0.3 is 9.47 Å². The van der Waals surface area contributed by atoms with Crippen molar-refractivity contribution in [2.45, 2.75) is 32.8 Å². The van der Waals surface area contributed by atoms with E-state index in [9.17, 15) is 9.59 Å². The Bertz CT molecular complexity index is 683. The Kier molecular flexibility index (Phi) is 3.97. The van der Waals surface area contributed by atoms with E-state index in [1.807, 2.05) is 6.07 Å². The number of aromatic nitrogens is 2. The van der Waals surface area contributed by atoms with Gasteiger partial charge in [-0.25, -0.2) is 14.3 Å². The molecule has 0 aliphatic rings. The van der Waals surface area contributed by atoms with E-state index in [2.05, 4.69) is 9.72 Å². The molecule has 0 saturated carbocycles. The van der Waals surface area contributed by atoms with Crippen LogP contribution in [-0.4, -0.2) is 34.3 Å². The number of esters is 1. The number of ether oxygens (including phenoxy) is 2. The molecule has 2 rings (SSSR count). The predicted octanol–water partition coefficient (Wildman–Crippen LogP) is 2.54. The quantitative estimate of drug-likeness (QED) is 0.795. The second kappa shape index (κ2) is 5.55. The molecule has 0 aromatic carbocycles. The van der Waals surface area contributed by atoms with Crippen LogP contribution in [0.2, 0.25) is 0 Å². The number of nitrogens with zero attached hydrogens (tertiary/aromatic N) is 2. The van der Waals surface area contributed by atoms with Crippen LogP contribution in [0.25, 0.3) is 11.0 Å². The summed E-state index contributed by atoms with van der Waals surface area (Å²) in [5.74, 6) is -0.373. The molecule has 0 spiro atoms. The third-order valence-electron chi connectivity index (χ3n) is 2.80. The minimum absolute atomic E-state index is 0.0779. The molecule has 0 saturated heterocycles.